The number of rotatable bonds is 6. The lowest BCUT2D eigenvalue weighted by molar-refractivity contribution is 0.331. The van der Waals surface area contributed by atoms with E-state index < -0.39 is 0 Å². The van der Waals surface area contributed by atoms with Crippen LogP contribution in [-0.4, -0.2) is 23.1 Å². The third kappa shape index (κ3) is 5.55. The summed E-state index contributed by atoms with van der Waals surface area (Å²) in [5, 5.41) is 7.19. The van der Waals surface area contributed by atoms with Crippen LogP contribution in [0.5, 0.6) is 0 Å². The molecule has 26 heavy (non-hydrogen) atoms. The lowest BCUT2D eigenvalue weighted by atomic mass is 10.0. The van der Waals surface area contributed by atoms with Crippen molar-refractivity contribution in [2.45, 2.75) is 45.7 Å². The topological polar surface area (TPSA) is 27.3 Å². The number of anilines is 1. The lowest BCUT2D eigenvalue weighted by Crippen LogP contribution is -2.27. The molecule has 3 nitrogen and oxygen atoms in total. The first kappa shape index (κ1) is 18.9. The van der Waals surface area contributed by atoms with Gasteiger partial charge in [-0.25, -0.2) is 0 Å². The first-order valence-corrected chi connectivity index (χ1v) is 9.96. The summed E-state index contributed by atoms with van der Waals surface area (Å²) in [7, 11) is 0. The van der Waals surface area contributed by atoms with Crippen LogP contribution in [-0.2, 0) is 13.1 Å². The standard InChI is InChI=1S/C22H29N3S/c1-17(2)20-9-11-21(12-10-20)24-22(26)23-15-18-5-7-19(8-6-18)16-25-13-3-4-14-25/h5-12,17H,3-4,13-16H2,1-2H3,(H2,23,24,26). The Morgan fingerprint density at radius 3 is 2.19 bits per heavy atom. The number of hydrogen-bond acceptors (Lipinski definition) is 2. The number of likely N-dealkylation sites (tertiary alicyclic amines) is 1. The quantitative estimate of drug-likeness (QED) is 0.711. The van der Waals surface area contributed by atoms with Crippen molar-refractivity contribution in [1.82, 2.24) is 10.2 Å². The molecular formula is C22H29N3S. The van der Waals surface area contributed by atoms with Crippen molar-refractivity contribution in [2.75, 3.05) is 18.4 Å². The van der Waals surface area contributed by atoms with Gasteiger partial charge < -0.3 is 10.6 Å². The van der Waals surface area contributed by atoms with Crippen molar-refractivity contribution < 1.29 is 0 Å². The van der Waals surface area contributed by atoms with Crippen LogP contribution in [0.1, 0.15) is 49.3 Å². The van der Waals surface area contributed by atoms with E-state index in [-0.39, 0.29) is 0 Å². The van der Waals surface area contributed by atoms with Crippen LogP contribution in [0, 0.1) is 0 Å². The van der Waals surface area contributed by atoms with Crippen LogP contribution >= 0.6 is 12.2 Å². The van der Waals surface area contributed by atoms with Gasteiger partial charge in [0.15, 0.2) is 5.11 Å². The second-order valence-electron chi connectivity index (χ2n) is 7.38. The third-order valence-corrected chi connectivity index (χ3v) is 5.16. The molecule has 1 aliphatic heterocycles. The summed E-state index contributed by atoms with van der Waals surface area (Å²) < 4.78 is 0. The largest absolute Gasteiger partial charge is 0.358 e. The van der Waals surface area contributed by atoms with Gasteiger partial charge in [-0.3, -0.25) is 4.90 Å². The van der Waals surface area contributed by atoms with E-state index in [1.807, 2.05) is 0 Å². The molecule has 2 aromatic carbocycles. The molecule has 1 fully saturated rings. The van der Waals surface area contributed by atoms with Gasteiger partial charge in [-0.15, -0.1) is 0 Å². The van der Waals surface area contributed by atoms with Crippen LogP contribution in [0.3, 0.4) is 0 Å². The van der Waals surface area contributed by atoms with Crippen LogP contribution in [0.25, 0.3) is 0 Å². The van der Waals surface area contributed by atoms with Crippen LogP contribution < -0.4 is 10.6 Å². The fraction of sp³-hybridized carbons (Fsp3) is 0.409. The zero-order valence-electron chi connectivity index (χ0n) is 15.8. The summed E-state index contributed by atoms with van der Waals surface area (Å²) in [6.07, 6.45) is 2.68. The maximum Gasteiger partial charge on any atom is 0.171 e. The predicted octanol–water partition coefficient (Wildman–Crippen LogP) is 4.89. The second-order valence-corrected chi connectivity index (χ2v) is 7.79. The highest BCUT2D eigenvalue weighted by Crippen LogP contribution is 2.17. The second kappa shape index (κ2) is 9.15. The van der Waals surface area contributed by atoms with Gasteiger partial charge in [-0.2, -0.15) is 0 Å². The SMILES string of the molecule is CC(C)c1ccc(NC(=S)NCc2ccc(CN3CCCC3)cc2)cc1. The number of thiocarbonyl (C=S) groups is 1. The van der Waals surface area contributed by atoms with Gasteiger partial charge in [0.2, 0.25) is 0 Å². The minimum atomic E-state index is 0.544. The Balaban J connectivity index is 1.44. The molecule has 0 spiro atoms. The maximum atomic E-state index is 5.41. The molecular weight excluding hydrogens is 338 g/mol. The zero-order valence-corrected chi connectivity index (χ0v) is 16.6. The van der Waals surface area contributed by atoms with E-state index in [4.69, 9.17) is 12.2 Å². The maximum absolute atomic E-state index is 5.41. The molecule has 4 heteroatoms. The summed E-state index contributed by atoms with van der Waals surface area (Å²) in [5.41, 5.74) is 4.99. The molecule has 0 amide bonds. The molecule has 0 atom stereocenters. The minimum absolute atomic E-state index is 0.544. The summed E-state index contributed by atoms with van der Waals surface area (Å²) >= 11 is 5.41. The highest BCUT2D eigenvalue weighted by atomic mass is 32.1. The van der Waals surface area contributed by atoms with Crippen molar-refractivity contribution in [2.24, 2.45) is 0 Å². The van der Waals surface area contributed by atoms with Crippen LogP contribution in [0.2, 0.25) is 0 Å². The first-order chi connectivity index (χ1) is 12.6. The predicted molar refractivity (Wildman–Crippen MR) is 115 cm³/mol. The Hall–Kier alpha value is -1.91. The summed E-state index contributed by atoms with van der Waals surface area (Å²) in [5.74, 6) is 0.544. The van der Waals surface area contributed by atoms with Gasteiger partial charge in [0.25, 0.3) is 0 Å². The minimum Gasteiger partial charge on any atom is -0.358 e. The van der Waals surface area contributed by atoms with Gasteiger partial charge in [-0.1, -0.05) is 50.2 Å². The van der Waals surface area contributed by atoms with Gasteiger partial charge in [0, 0.05) is 18.8 Å². The van der Waals surface area contributed by atoms with E-state index in [1.165, 1.54) is 42.6 Å². The van der Waals surface area contributed by atoms with Crippen molar-refractivity contribution in [1.29, 1.82) is 0 Å². The number of hydrogen-bond donors (Lipinski definition) is 2. The first-order valence-electron chi connectivity index (χ1n) is 9.55. The van der Waals surface area contributed by atoms with E-state index in [0.29, 0.717) is 11.0 Å². The fourth-order valence-electron chi connectivity index (χ4n) is 3.27. The molecule has 1 aliphatic rings. The highest BCUT2D eigenvalue weighted by molar-refractivity contribution is 7.80. The van der Waals surface area contributed by atoms with E-state index in [2.05, 4.69) is 77.9 Å². The Bertz CT molecular complexity index is 701. The van der Waals surface area contributed by atoms with Gasteiger partial charge in [-0.05, 0) is 72.9 Å². The van der Waals surface area contributed by atoms with E-state index in [9.17, 15) is 0 Å². The van der Waals surface area contributed by atoms with Crippen molar-refractivity contribution in [3.8, 4) is 0 Å². The molecule has 1 saturated heterocycles. The molecule has 1 heterocycles. The number of nitrogens with one attached hydrogen (secondary N) is 2. The molecule has 0 unspecified atom stereocenters. The molecule has 0 radical (unpaired) electrons. The summed E-state index contributed by atoms with van der Waals surface area (Å²) in [4.78, 5) is 2.52. The number of nitrogens with zero attached hydrogens (tertiary/aromatic N) is 1. The highest BCUT2D eigenvalue weighted by Gasteiger charge is 2.11. The molecule has 0 aliphatic carbocycles. The fourth-order valence-corrected chi connectivity index (χ4v) is 3.46. The average Bonchev–Trinajstić information content (AvgIpc) is 3.15. The van der Waals surface area contributed by atoms with Gasteiger partial charge in [0.1, 0.15) is 0 Å². The monoisotopic (exact) mass is 367 g/mol. The van der Waals surface area contributed by atoms with Crippen LogP contribution in [0.15, 0.2) is 48.5 Å². The molecule has 2 N–H and O–H groups in total. The van der Waals surface area contributed by atoms with Crippen molar-refractivity contribution >= 4 is 23.0 Å². The lowest BCUT2D eigenvalue weighted by Gasteiger charge is -2.15. The molecule has 0 bridgehead atoms. The normalized spacial score (nSPS) is 14.6. The van der Waals surface area contributed by atoms with E-state index in [1.54, 1.807) is 0 Å². The molecule has 0 saturated carbocycles. The Labute approximate surface area is 162 Å². The van der Waals surface area contributed by atoms with Gasteiger partial charge >= 0.3 is 0 Å². The third-order valence-electron chi connectivity index (χ3n) is 4.92. The zero-order chi connectivity index (χ0) is 18.4. The molecule has 138 valence electrons. The molecule has 0 aromatic heterocycles. The Morgan fingerprint density at radius 2 is 1.58 bits per heavy atom. The average molecular weight is 368 g/mol. The molecule has 3 rings (SSSR count). The molecule has 2 aromatic rings. The summed E-state index contributed by atoms with van der Waals surface area (Å²) in [6, 6.07) is 17.3. The van der Waals surface area contributed by atoms with E-state index >= 15 is 0 Å². The Morgan fingerprint density at radius 1 is 0.962 bits per heavy atom. The Kier molecular flexibility index (Phi) is 6.64. The van der Waals surface area contributed by atoms with Crippen molar-refractivity contribution in [3.05, 3.63) is 65.2 Å². The van der Waals surface area contributed by atoms with E-state index in [0.717, 1.165) is 18.8 Å². The summed E-state index contributed by atoms with van der Waals surface area (Å²) in [6.45, 7) is 8.68. The van der Waals surface area contributed by atoms with Crippen LogP contribution in [0.4, 0.5) is 5.69 Å². The number of benzene rings is 2. The van der Waals surface area contributed by atoms with Gasteiger partial charge in [0.05, 0.1) is 0 Å². The van der Waals surface area contributed by atoms with Crippen molar-refractivity contribution in [3.63, 3.8) is 0 Å². The smallest absolute Gasteiger partial charge is 0.171 e.